The SMILES string of the molecule is CCCCCNC(=O)c1ccc(N2CCN(C/C=C/c3ccccc3)CC2)nc1. The molecule has 0 atom stereocenters. The summed E-state index contributed by atoms with van der Waals surface area (Å²) in [5, 5.41) is 2.96. The van der Waals surface area contributed by atoms with Gasteiger partial charge in [-0.15, -0.1) is 0 Å². The topological polar surface area (TPSA) is 48.5 Å². The van der Waals surface area contributed by atoms with Gasteiger partial charge in [-0.2, -0.15) is 0 Å². The van der Waals surface area contributed by atoms with E-state index in [-0.39, 0.29) is 5.91 Å². The molecule has 1 aromatic carbocycles. The number of pyridine rings is 1. The fourth-order valence-corrected chi connectivity index (χ4v) is 3.45. The number of unbranched alkanes of at least 4 members (excludes halogenated alkanes) is 2. The first kappa shape index (κ1) is 21.1. The Balaban J connectivity index is 1.42. The number of aromatic nitrogens is 1. The average Bonchev–Trinajstić information content (AvgIpc) is 2.78. The third-order valence-corrected chi connectivity index (χ3v) is 5.25. The van der Waals surface area contributed by atoms with E-state index in [0.717, 1.165) is 64.3 Å². The Hall–Kier alpha value is -2.66. The summed E-state index contributed by atoms with van der Waals surface area (Å²) < 4.78 is 0. The molecule has 5 nitrogen and oxygen atoms in total. The smallest absolute Gasteiger partial charge is 0.252 e. The second kappa shape index (κ2) is 11.4. The molecule has 3 rings (SSSR count). The van der Waals surface area contributed by atoms with Gasteiger partial charge in [-0.05, 0) is 24.1 Å². The molecule has 0 spiro atoms. The van der Waals surface area contributed by atoms with Crippen LogP contribution in [0.15, 0.2) is 54.7 Å². The van der Waals surface area contributed by atoms with Crippen LogP contribution in [0.5, 0.6) is 0 Å². The summed E-state index contributed by atoms with van der Waals surface area (Å²) in [5.74, 6) is 0.919. The monoisotopic (exact) mass is 392 g/mol. The molecule has 1 amide bonds. The van der Waals surface area contributed by atoms with Crippen molar-refractivity contribution in [2.75, 3.05) is 44.2 Å². The average molecular weight is 393 g/mol. The molecule has 29 heavy (non-hydrogen) atoms. The molecule has 154 valence electrons. The van der Waals surface area contributed by atoms with Crippen LogP contribution in [-0.2, 0) is 0 Å². The van der Waals surface area contributed by atoms with Gasteiger partial charge in [0.15, 0.2) is 0 Å². The molecule has 2 heterocycles. The molecule has 0 radical (unpaired) electrons. The van der Waals surface area contributed by atoms with Crippen molar-refractivity contribution in [3.8, 4) is 0 Å². The highest BCUT2D eigenvalue weighted by Gasteiger charge is 2.17. The molecule has 1 aliphatic heterocycles. The molecular formula is C24H32N4O. The van der Waals surface area contributed by atoms with Gasteiger partial charge in [0.2, 0.25) is 0 Å². The maximum absolute atomic E-state index is 12.2. The molecule has 1 aliphatic rings. The number of carbonyl (C=O) groups is 1. The quantitative estimate of drug-likeness (QED) is 0.659. The Morgan fingerprint density at radius 3 is 2.55 bits per heavy atom. The molecular weight excluding hydrogens is 360 g/mol. The molecule has 5 heteroatoms. The number of anilines is 1. The lowest BCUT2D eigenvalue weighted by Gasteiger charge is -2.34. The van der Waals surface area contributed by atoms with E-state index in [1.54, 1.807) is 6.20 Å². The van der Waals surface area contributed by atoms with E-state index in [1.807, 2.05) is 18.2 Å². The molecule has 2 aromatic rings. The predicted octanol–water partition coefficient (Wildman–Crippen LogP) is 3.84. The van der Waals surface area contributed by atoms with E-state index in [0.29, 0.717) is 5.56 Å². The molecule has 0 bridgehead atoms. The number of nitrogens with one attached hydrogen (secondary N) is 1. The minimum atomic E-state index is -0.0322. The van der Waals surface area contributed by atoms with Crippen LogP contribution in [0.4, 0.5) is 5.82 Å². The normalized spacial score (nSPS) is 15.0. The Bertz CT molecular complexity index is 765. The van der Waals surface area contributed by atoms with Crippen LogP contribution < -0.4 is 10.2 Å². The Kier molecular flexibility index (Phi) is 8.25. The molecule has 0 saturated carbocycles. The minimum Gasteiger partial charge on any atom is -0.354 e. The van der Waals surface area contributed by atoms with Crippen molar-refractivity contribution in [2.45, 2.75) is 26.2 Å². The number of rotatable bonds is 9. The molecule has 0 aliphatic carbocycles. The van der Waals surface area contributed by atoms with Gasteiger partial charge in [-0.25, -0.2) is 4.98 Å². The van der Waals surface area contributed by atoms with Crippen molar-refractivity contribution in [2.24, 2.45) is 0 Å². The standard InChI is InChI=1S/C24H32N4O/c1-2-3-7-14-25-24(29)22-12-13-23(26-20-22)28-18-16-27(17-19-28)15-8-11-21-9-5-4-6-10-21/h4-6,8-13,20H,2-3,7,14-19H2,1H3,(H,25,29)/b11-8+. The zero-order chi connectivity index (χ0) is 20.3. The van der Waals surface area contributed by atoms with Crippen LogP contribution in [0.3, 0.4) is 0 Å². The summed E-state index contributed by atoms with van der Waals surface area (Å²) in [4.78, 5) is 21.4. The van der Waals surface area contributed by atoms with Gasteiger partial charge in [-0.3, -0.25) is 9.69 Å². The lowest BCUT2D eigenvalue weighted by Crippen LogP contribution is -2.46. The maximum atomic E-state index is 12.2. The van der Waals surface area contributed by atoms with Crippen molar-refractivity contribution < 1.29 is 4.79 Å². The highest BCUT2D eigenvalue weighted by molar-refractivity contribution is 5.94. The van der Waals surface area contributed by atoms with Gasteiger partial charge in [0.25, 0.3) is 5.91 Å². The minimum absolute atomic E-state index is 0.0322. The number of carbonyl (C=O) groups excluding carboxylic acids is 1. The number of piperazine rings is 1. The van der Waals surface area contributed by atoms with Gasteiger partial charge in [0, 0.05) is 45.5 Å². The Morgan fingerprint density at radius 1 is 1.07 bits per heavy atom. The molecule has 1 aromatic heterocycles. The van der Waals surface area contributed by atoms with Crippen molar-refractivity contribution in [3.05, 3.63) is 65.9 Å². The highest BCUT2D eigenvalue weighted by Crippen LogP contribution is 2.14. The Labute approximate surface area is 174 Å². The molecule has 1 fully saturated rings. The van der Waals surface area contributed by atoms with E-state index < -0.39 is 0 Å². The van der Waals surface area contributed by atoms with Crippen molar-refractivity contribution in [3.63, 3.8) is 0 Å². The van der Waals surface area contributed by atoms with E-state index in [4.69, 9.17) is 0 Å². The summed E-state index contributed by atoms with van der Waals surface area (Å²) in [7, 11) is 0. The van der Waals surface area contributed by atoms with Crippen LogP contribution >= 0.6 is 0 Å². The van der Waals surface area contributed by atoms with E-state index in [1.165, 1.54) is 5.56 Å². The first-order valence-corrected chi connectivity index (χ1v) is 10.7. The second-order valence-electron chi connectivity index (χ2n) is 7.47. The van der Waals surface area contributed by atoms with Gasteiger partial charge < -0.3 is 10.2 Å². The van der Waals surface area contributed by atoms with Crippen molar-refractivity contribution in [1.29, 1.82) is 0 Å². The van der Waals surface area contributed by atoms with Gasteiger partial charge in [-0.1, -0.05) is 62.2 Å². The summed E-state index contributed by atoms with van der Waals surface area (Å²) in [6, 6.07) is 14.2. The fraction of sp³-hybridized carbons (Fsp3) is 0.417. The summed E-state index contributed by atoms with van der Waals surface area (Å²) in [5.41, 5.74) is 1.87. The lowest BCUT2D eigenvalue weighted by molar-refractivity contribution is 0.0952. The predicted molar refractivity (Wildman–Crippen MR) is 120 cm³/mol. The first-order chi connectivity index (χ1) is 14.3. The van der Waals surface area contributed by atoms with Crippen molar-refractivity contribution >= 4 is 17.8 Å². The van der Waals surface area contributed by atoms with Crippen molar-refractivity contribution in [1.82, 2.24) is 15.2 Å². The van der Waals surface area contributed by atoms with Gasteiger partial charge in [0.1, 0.15) is 5.82 Å². The number of nitrogens with zero attached hydrogens (tertiary/aromatic N) is 3. The van der Waals surface area contributed by atoms with E-state index in [9.17, 15) is 4.79 Å². The second-order valence-corrected chi connectivity index (χ2v) is 7.47. The highest BCUT2D eigenvalue weighted by atomic mass is 16.1. The number of benzene rings is 1. The van der Waals surface area contributed by atoms with Crippen LogP contribution in [0.1, 0.15) is 42.1 Å². The third-order valence-electron chi connectivity index (χ3n) is 5.25. The summed E-state index contributed by atoms with van der Waals surface area (Å²) in [6.45, 7) is 7.79. The van der Waals surface area contributed by atoms with Crippen LogP contribution in [-0.4, -0.2) is 55.1 Å². The third kappa shape index (κ3) is 6.71. The Morgan fingerprint density at radius 2 is 1.86 bits per heavy atom. The van der Waals surface area contributed by atoms with Crippen LogP contribution in [0, 0.1) is 0 Å². The van der Waals surface area contributed by atoms with E-state index in [2.05, 4.69) is 63.4 Å². The number of hydrogen-bond acceptors (Lipinski definition) is 4. The van der Waals surface area contributed by atoms with Crippen LogP contribution in [0.2, 0.25) is 0 Å². The molecule has 0 unspecified atom stereocenters. The number of hydrogen-bond donors (Lipinski definition) is 1. The summed E-state index contributed by atoms with van der Waals surface area (Å²) >= 11 is 0. The largest absolute Gasteiger partial charge is 0.354 e. The van der Waals surface area contributed by atoms with Crippen LogP contribution in [0.25, 0.3) is 6.08 Å². The fourth-order valence-electron chi connectivity index (χ4n) is 3.45. The maximum Gasteiger partial charge on any atom is 0.252 e. The molecule has 1 saturated heterocycles. The van der Waals surface area contributed by atoms with Gasteiger partial charge >= 0.3 is 0 Å². The zero-order valence-corrected chi connectivity index (χ0v) is 17.4. The number of amides is 1. The van der Waals surface area contributed by atoms with Gasteiger partial charge in [0.05, 0.1) is 5.56 Å². The van der Waals surface area contributed by atoms with E-state index >= 15 is 0 Å². The summed E-state index contributed by atoms with van der Waals surface area (Å²) in [6.07, 6.45) is 9.43. The zero-order valence-electron chi connectivity index (χ0n) is 17.4. The first-order valence-electron chi connectivity index (χ1n) is 10.7. The lowest BCUT2D eigenvalue weighted by atomic mass is 10.2. The molecule has 1 N–H and O–H groups in total.